The van der Waals surface area contributed by atoms with Gasteiger partial charge in [0.05, 0.1) is 12.5 Å². The second-order valence-corrected chi connectivity index (χ2v) is 8.32. The van der Waals surface area contributed by atoms with Crippen LogP contribution in [0, 0.1) is 10.8 Å². The van der Waals surface area contributed by atoms with Crippen molar-refractivity contribution in [2.45, 2.75) is 19.3 Å². The van der Waals surface area contributed by atoms with E-state index in [1.807, 2.05) is 0 Å². The molecule has 4 rings (SSSR count). The van der Waals surface area contributed by atoms with Gasteiger partial charge in [-0.3, -0.25) is 14.4 Å². The maximum Gasteiger partial charge on any atom is 0.330 e. The van der Waals surface area contributed by atoms with Crippen molar-refractivity contribution >= 4 is 45.3 Å². The molecule has 0 unspecified atom stereocenters. The summed E-state index contributed by atoms with van der Waals surface area (Å²) >= 11 is 9.36. The summed E-state index contributed by atoms with van der Waals surface area (Å²) in [5.41, 5.74) is -1.95. The number of halogens is 2. The quantitative estimate of drug-likeness (QED) is 0.288. The summed E-state index contributed by atoms with van der Waals surface area (Å²) in [6, 6.07) is 11.6. The minimum absolute atomic E-state index is 0.273. The summed E-state index contributed by atoms with van der Waals surface area (Å²) in [6.45, 7) is 1.79. The molecule has 0 radical (unpaired) electrons. The number of ether oxygens (including phenoxy) is 2. The lowest BCUT2D eigenvalue weighted by atomic mass is 9.83. The number of ketones is 1. The van der Waals surface area contributed by atoms with Crippen LogP contribution in [0.25, 0.3) is 0 Å². The number of fused-ring (bicyclic) bond motifs is 3. The maximum absolute atomic E-state index is 13.6. The molecule has 7 heteroatoms. The molecule has 1 aliphatic carbocycles. The number of methoxy groups -OCH3 is 1. The topological polar surface area (TPSA) is 69.7 Å². The number of hydrogen-bond acceptors (Lipinski definition) is 5. The number of carbonyl (C=O) groups excluding carboxylic acids is 3. The van der Waals surface area contributed by atoms with Gasteiger partial charge in [0.1, 0.15) is 5.75 Å². The van der Waals surface area contributed by atoms with E-state index in [4.69, 9.17) is 21.1 Å². The first-order chi connectivity index (χ1) is 13.3. The largest absolute Gasteiger partial charge is 0.468 e. The van der Waals surface area contributed by atoms with Crippen LogP contribution in [0.3, 0.4) is 0 Å². The summed E-state index contributed by atoms with van der Waals surface area (Å²) in [5.74, 6) is -2.10. The van der Waals surface area contributed by atoms with E-state index in [9.17, 15) is 14.4 Å². The Bertz CT molecular complexity index is 1020. The van der Waals surface area contributed by atoms with Crippen molar-refractivity contribution in [1.29, 1.82) is 0 Å². The highest BCUT2D eigenvalue weighted by Gasteiger charge is 2.90. The first kappa shape index (κ1) is 19.2. The van der Waals surface area contributed by atoms with Gasteiger partial charge in [-0.25, -0.2) is 0 Å². The van der Waals surface area contributed by atoms with E-state index in [1.54, 1.807) is 49.4 Å². The molecular formula is C21H16BrClO5. The number of benzene rings is 2. The Morgan fingerprint density at radius 3 is 2.50 bits per heavy atom. The van der Waals surface area contributed by atoms with Crippen LogP contribution in [0.1, 0.15) is 35.2 Å². The number of rotatable bonds is 4. The first-order valence-electron chi connectivity index (χ1n) is 8.75. The van der Waals surface area contributed by atoms with E-state index in [-0.39, 0.29) is 12.2 Å². The van der Waals surface area contributed by atoms with Crippen molar-refractivity contribution < 1.29 is 23.9 Å². The minimum atomic E-state index is -1.69. The summed E-state index contributed by atoms with van der Waals surface area (Å²) in [7, 11) is 1.21. The van der Waals surface area contributed by atoms with E-state index in [0.29, 0.717) is 21.9 Å². The van der Waals surface area contributed by atoms with Crippen LogP contribution >= 0.6 is 27.5 Å². The fourth-order valence-electron chi connectivity index (χ4n) is 4.71. The van der Waals surface area contributed by atoms with Gasteiger partial charge in [-0.1, -0.05) is 34.5 Å². The summed E-state index contributed by atoms with van der Waals surface area (Å²) in [4.78, 5) is 39.6. The van der Waals surface area contributed by atoms with Crippen molar-refractivity contribution in [2.75, 3.05) is 7.11 Å². The van der Waals surface area contributed by atoms with Gasteiger partial charge in [0.25, 0.3) is 0 Å². The molecule has 1 heterocycles. The highest BCUT2D eigenvalue weighted by Crippen LogP contribution is 2.80. The van der Waals surface area contributed by atoms with E-state index >= 15 is 0 Å². The number of esters is 2. The lowest BCUT2D eigenvalue weighted by Crippen LogP contribution is -2.40. The zero-order chi connectivity index (χ0) is 20.3. The predicted octanol–water partition coefficient (Wildman–Crippen LogP) is 4.56. The molecule has 2 aromatic rings. The van der Waals surface area contributed by atoms with Crippen LogP contribution in [0.4, 0.5) is 0 Å². The van der Waals surface area contributed by atoms with Gasteiger partial charge in [-0.15, -0.1) is 0 Å². The number of hydrogen-bond donors (Lipinski definition) is 0. The van der Waals surface area contributed by atoms with Gasteiger partial charge in [-0.2, -0.15) is 0 Å². The van der Waals surface area contributed by atoms with E-state index in [2.05, 4.69) is 15.9 Å². The van der Waals surface area contributed by atoms with E-state index < -0.39 is 28.7 Å². The minimum Gasteiger partial charge on any atom is -0.468 e. The van der Waals surface area contributed by atoms with E-state index in [1.165, 1.54) is 7.11 Å². The predicted molar refractivity (Wildman–Crippen MR) is 105 cm³/mol. The van der Waals surface area contributed by atoms with Crippen molar-refractivity contribution in [3.05, 3.63) is 63.1 Å². The molecule has 0 saturated heterocycles. The lowest BCUT2D eigenvalue weighted by Gasteiger charge is -2.22. The summed E-state index contributed by atoms with van der Waals surface area (Å²) < 4.78 is 11.2. The van der Waals surface area contributed by atoms with Crippen LogP contribution in [-0.2, 0) is 14.3 Å². The molecule has 1 saturated carbocycles. The maximum atomic E-state index is 13.6. The molecule has 0 bridgehead atoms. The summed E-state index contributed by atoms with van der Waals surface area (Å²) in [5, 5.41) is 0.492. The molecule has 0 aromatic heterocycles. The molecule has 28 heavy (non-hydrogen) atoms. The molecule has 0 amide bonds. The molecule has 2 aliphatic rings. The van der Waals surface area contributed by atoms with Crippen LogP contribution in [0.15, 0.2) is 46.9 Å². The normalized spacial score (nSPS) is 27.3. The van der Waals surface area contributed by atoms with Gasteiger partial charge >= 0.3 is 11.9 Å². The second kappa shape index (κ2) is 6.42. The first-order valence-corrected chi connectivity index (χ1v) is 9.92. The van der Waals surface area contributed by atoms with Gasteiger partial charge in [0.15, 0.2) is 11.2 Å². The third-order valence-electron chi connectivity index (χ3n) is 5.93. The SMILES string of the molecule is CC[C@]1(C(=O)c2ccc(Cl)cc2)[C@@H]2c3cc(Br)ccc3OC(=O)[C@]21C(=O)OC. The van der Waals surface area contributed by atoms with Crippen LogP contribution in [0.2, 0.25) is 5.02 Å². The molecule has 0 spiro atoms. The highest BCUT2D eigenvalue weighted by molar-refractivity contribution is 9.10. The fraction of sp³-hybridized carbons (Fsp3) is 0.286. The second-order valence-electron chi connectivity index (χ2n) is 6.97. The Morgan fingerprint density at radius 1 is 1.21 bits per heavy atom. The Hall–Kier alpha value is -2.18. The van der Waals surface area contributed by atoms with Crippen molar-refractivity contribution in [3.8, 4) is 5.75 Å². The Kier molecular flexibility index (Phi) is 4.39. The Labute approximate surface area is 175 Å². The smallest absolute Gasteiger partial charge is 0.330 e. The molecule has 3 atom stereocenters. The Morgan fingerprint density at radius 2 is 1.89 bits per heavy atom. The zero-order valence-corrected chi connectivity index (χ0v) is 17.5. The highest BCUT2D eigenvalue weighted by atomic mass is 79.9. The van der Waals surface area contributed by atoms with Crippen LogP contribution in [0.5, 0.6) is 5.75 Å². The van der Waals surface area contributed by atoms with Crippen molar-refractivity contribution in [3.63, 3.8) is 0 Å². The molecule has 2 aromatic carbocycles. The third kappa shape index (κ3) is 2.22. The standard InChI is InChI=1S/C21H16BrClO5/c1-3-20(17(24)11-4-7-13(23)8-5-11)16-14-10-12(22)6-9-15(14)28-19(26)21(16,20)18(25)27-2/h4-10,16H,3H2,1-2H3/t16-,20+,21+/m0/s1. The number of Topliss-reactive ketones (excluding diaryl/α,β-unsaturated/α-hetero) is 1. The average Bonchev–Trinajstić information content (AvgIpc) is 3.35. The van der Waals surface area contributed by atoms with Crippen LogP contribution in [-0.4, -0.2) is 24.8 Å². The summed E-state index contributed by atoms with van der Waals surface area (Å²) in [6.07, 6.45) is 0.273. The lowest BCUT2D eigenvalue weighted by molar-refractivity contribution is -0.160. The number of carbonyl (C=O) groups is 3. The molecule has 144 valence electrons. The molecule has 0 N–H and O–H groups in total. The fourth-order valence-corrected chi connectivity index (χ4v) is 5.21. The van der Waals surface area contributed by atoms with Gasteiger partial charge < -0.3 is 9.47 Å². The Balaban J connectivity index is 1.95. The molecular weight excluding hydrogens is 448 g/mol. The van der Waals surface area contributed by atoms with Crippen molar-refractivity contribution in [2.24, 2.45) is 10.8 Å². The van der Waals surface area contributed by atoms with Crippen molar-refractivity contribution in [1.82, 2.24) is 0 Å². The van der Waals surface area contributed by atoms with Gasteiger partial charge in [-0.05, 0) is 48.9 Å². The van der Waals surface area contributed by atoms with E-state index in [0.717, 1.165) is 4.47 Å². The molecule has 1 fully saturated rings. The molecule has 5 nitrogen and oxygen atoms in total. The van der Waals surface area contributed by atoms with Crippen LogP contribution < -0.4 is 4.74 Å². The third-order valence-corrected chi connectivity index (χ3v) is 6.68. The molecule has 1 aliphatic heterocycles. The average molecular weight is 464 g/mol. The zero-order valence-electron chi connectivity index (χ0n) is 15.1. The van der Waals surface area contributed by atoms with Gasteiger partial charge in [0, 0.05) is 26.5 Å². The monoisotopic (exact) mass is 462 g/mol. The van der Waals surface area contributed by atoms with Gasteiger partial charge in [0.2, 0.25) is 0 Å².